The number of thiazole rings is 1. The Labute approximate surface area is 133 Å². The van der Waals surface area contributed by atoms with Gasteiger partial charge in [0.2, 0.25) is 0 Å². The first kappa shape index (κ1) is 16.3. The predicted octanol–water partition coefficient (Wildman–Crippen LogP) is 1.34. The van der Waals surface area contributed by atoms with Gasteiger partial charge in [-0.05, 0) is 7.05 Å². The molecule has 0 aliphatic carbocycles. The van der Waals surface area contributed by atoms with Crippen LogP contribution in [0.15, 0.2) is 9.90 Å². The molecule has 1 fully saturated rings. The van der Waals surface area contributed by atoms with E-state index in [1.807, 2.05) is 5.38 Å². The van der Waals surface area contributed by atoms with Crippen LogP contribution in [0.25, 0.3) is 11.6 Å². The summed E-state index contributed by atoms with van der Waals surface area (Å²) in [6.07, 6.45) is 0. The maximum Gasteiger partial charge on any atom is 0.277 e. The maximum absolute atomic E-state index is 5.33. The van der Waals surface area contributed by atoms with Crippen LogP contribution in [0.5, 0.6) is 0 Å². The molecular weight excluding hydrogens is 314 g/mol. The Balaban J connectivity index is 0.00000161. The van der Waals surface area contributed by atoms with Gasteiger partial charge in [0.1, 0.15) is 10.7 Å². The van der Waals surface area contributed by atoms with Crippen LogP contribution in [0, 0.1) is 0 Å². The largest absolute Gasteiger partial charge is 0.378 e. The van der Waals surface area contributed by atoms with Crippen molar-refractivity contribution < 1.29 is 9.26 Å². The van der Waals surface area contributed by atoms with Crippen LogP contribution in [0.2, 0.25) is 0 Å². The number of aromatic nitrogens is 3. The number of methoxy groups -OCH3 is 1. The molecule has 1 atom stereocenters. The fraction of sp³-hybridized carbons (Fsp3) is 0.583. The third kappa shape index (κ3) is 3.58. The SMILES string of the molecule is COCc1nc(-c2nc(C3CNCCN3C)no2)cs1.Cl. The number of hydrogen-bond donors (Lipinski definition) is 1. The van der Waals surface area contributed by atoms with Gasteiger partial charge in [0.05, 0.1) is 12.6 Å². The van der Waals surface area contributed by atoms with E-state index in [0.717, 1.165) is 24.6 Å². The molecule has 7 nitrogen and oxygen atoms in total. The van der Waals surface area contributed by atoms with Crippen molar-refractivity contribution in [3.05, 3.63) is 16.2 Å². The molecular formula is C12H18ClN5O2S. The highest BCUT2D eigenvalue weighted by atomic mass is 35.5. The molecule has 0 aromatic carbocycles. The third-order valence-corrected chi connectivity index (χ3v) is 4.11. The van der Waals surface area contributed by atoms with Crippen molar-refractivity contribution in [3.63, 3.8) is 0 Å². The van der Waals surface area contributed by atoms with Crippen LogP contribution >= 0.6 is 23.7 Å². The molecule has 1 aliphatic rings. The summed E-state index contributed by atoms with van der Waals surface area (Å²) in [5.41, 5.74) is 0.715. The number of nitrogens with zero attached hydrogens (tertiary/aromatic N) is 4. The third-order valence-electron chi connectivity index (χ3n) is 3.29. The van der Waals surface area contributed by atoms with Crippen molar-refractivity contribution in [1.29, 1.82) is 0 Å². The van der Waals surface area contributed by atoms with Crippen molar-refractivity contribution >= 4 is 23.7 Å². The molecule has 21 heavy (non-hydrogen) atoms. The zero-order valence-electron chi connectivity index (χ0n) is 11.9. The molecule has 0 saturated carbocycles. The number of piperazine rings is 1. The quantitative estimate of drug-likeness (QED) is 0.905. The Bertz CT molecular complexity index is 576. The van der Waals surface area contributed by atoms with Gasteiger partial charge >= 0.3 is 0 Å². The van der Waals surface area contributed by atoms with E-state index < -0.39 is 0 Å². The Morgan fingerprint density at radius 3 is 3.14 bits per heavy atom. The molecule has 2 aromatic rings. The van der Waals surface area contributed by atoms with Crippen molar-refractivity contribution in [3.8, 4) is 11.6 Å². The molecule has 0 bridgehead atoms. The lowest BCUT2D eigenvalue weighted by molar-refractivity contribution is 0.184. The van der Waals surface area contributed by atoms with Crippen LogP contribution < -0.4 is 5.32 Å². The van der Waals surface area contributed by atoms with Crippen molar-refractivity contribution in [1.82, 2.24) is 25.3 Å². The fourth-order valence-electron chi connectivity index (χ4n) is 2.17. The molecule has 0 spiro atoms. The average Bonchev–Trinajstić information content (AvgIpc) is 3.08. The first-order valence-corrected chi connectivity index (χ1v) is 7.34. The summed E-state index contributed by atoms with van der Waals surface area (Å²) < 4.78 is 10.4. The average molecular weight is 332 g/mol. The first-order chi connectivity index (χ1) is 9.78. The van der Waals surface area contributed by atoms with E-state index in [0.29, 0.717) is 24.0 Å². The number of likely N-dealkylation sites (N-methyl/N-ethyl adjacent to an activating group) is 1. The van der Waals surface area contributed by atoms with E-state index in [9.17, 15) is 0 Å². The number of hydrogen-bond acceptors (Lipinski definition) is 8. The van der Waals surface area contributed by atoms with Gasteiger partial charge in [-0.3, -0.25) is 4.90 Å². The molecule has 9 heteroatoms. The van der Waals surface area contributed by atoms with Gasteiger partial charge in [-0.2, -0.15) is 4.98 Å². The number of rotatable bonds is 4. The fourth-order valence-corrected chi connectivity index (χ4v) is 2.91. The lowest BCUT2D eigenvalue weighted by Crippen LogP contribution is -2.44. The lowest BCUT2D eigenvalue weighted by Gasteiger charge is -2.30. The molecule has 1 unspecified atom stereocenters. The minimum absolute atomic E-state index is 0. The summed E-state index contributed by atoms with van der Waals surface area (Å²) >= 11 is 1.53. The van der Waals surface area contributed by atoms with Gasteiger partial charge in [0.15, 0.2) is 5.82 Å². The molecule has 1 N–H and O–H groups in total. The zero-order valence-corrected chi connectivity index (χ0v) is 13.5. The molecule has 0 radical (unpaired) electrons. The second kappa shape index (κ2) is 7.28. The monoisotopic (exact) mass is 331 g/mol. The molecule has 2 aromatic heterocycles. The van der Waals surface area contributed by atoms with Gasteiger partial charge in [-0.25, -0.2) is 4.98 Å². The summed E-state index contributed by atoms with van der Waals surface area (Å²) in [4.78, 5) is 11.1. The normalized spacial score (nSPS) is 19.4. The molecule has 116 valence electrons. The highest BCUT2D eigenvalue weighted by Gasteiger charge is 2.25. The van der Waals surface area contributed by atoms with Crippen LogP contribution in [0.3, 0.4) is 0 Å². The smallest absolute Gasteiger partial charge is 0.277 e. The molecule has 3 heterocycles. The summed E-state index contributed by atoms with van der Waals surface area (Å²) in [5, 5.41) is 10.2. The van der Waals surface area contributed by atoms with E-state index in [4.69, 9.17) is 9.26 Å². The van der Waals surface area contributed by atoms with Gasteiger partial charge < -0.3 is 14.6 Å². The van der Waals surface area contributed by atoms with Gasteiger partial charge in [0.25, 0.3) is 5.89 Å². The van der Waals surface area contributed by atoms with E-state index in [1.54, 1.807) is 7.11 Å². The number of ether oxygens (including phenoxy) is 1. The van der Waals surface area contributed by atoms with Crippen LogP contribution in [-0.2, 0) is 11.3 Å². The molecule has 1 saturated heterocycles. The second-order valence-electron chi connectivity index (χ2n) is 4.72. The lowest BCUT2D eigenvalue weighted by atomic mass is 10.2. The molecule has 1 aliphatic heterocycles. The summed E-state index contributed by atoms with van der Waals surface area (Å²) in [6.45, 7) is 3.30. The number of halogens is 1. The van der Waals surface area contributed by atoms with Gasteiger partial charge in [-0.15, -0.1) is 23.7 Å². The minimum atomic E-state index is 0. The number of nitrogens with one attached hydrogen (secondary N) is 1. The van der Waals surface area contributed by atoms with Crippen molar-refractivity contribution in [2.75, 3.05) is 33.8 Å². The van der Waals surface area contributed by atoms with E-state index in [2.05, 4.69) is 32.4 Å². The van der Waals surface area contributed by atoms with E-state index >= 15 is 0 Å². The van der Waals surface area contributed by atoms with Crippen LogP contribution in [0.4, 0.5) is 0 Å². The predicted molar refractivity (Wildman–Crippen MR) is 81.6 cm³/mol. The Hall–Kier alpha value is -1.06. The molecule has 3 rings (SSSR count). The molecule has 0 amide bonds. The summed E-state index contributed by atoms with van der Waals surface area (Å²) in [7, 11) is 3.72. The van der Waals surface area contributed by atoms with Crippen LogP contribution in [-0.4, -0.2) is 53.8 Å². The van der Waals surface area contributed by atoms with Crippen LogP contribution in [0.1, 0.15) is 16.9 Å². The zero-order chi connectivity index (χ0) is 13.9. The topological polar surface area (TPSA) is 76.3 Å². The maximum atomic E-state index is 5.33. The van der Waals surface area contributed by atoms with Gasteiger partial charge in [-0.1, -0.05) is 5.16 Å². The van der Waals surface area contributed by atoms with Gasteiger partial charge in [0, 0.05) is 32.1 Å². The van der Waals surface area contributed by atoms with Crippen molar-refractivity contribution in [2.45, 2.75) is 12.6 Å². The Morgan fingerprint density at radius 2 is 2.38 bits per heavy atom. The second-order valence-corrected chi connectivity index (χ2v) is 5.66. The minimum Gasteiger partial charge on any atom is -0.378 e. The first-order valence-electron chi connectivity index (χ1n) is 6.46. The Morgan fingerprint density at radius 1 is 1.52 bits per heavy atom. The Kier molecular flexibility index (Phi) is 5.65. The van der Waals surface area contributed by atoms with Crippen molar-refractivity contribution in [2.24, 2.45) is 0 Å². The van der Waals surface area contributed by atoms with E-state index in [-0.39, 0.29) is 18.4 Å². The summed E-state index contributed by atoms with van der Waals surface area (Å²) in [6, 6.07) is 0.151. The van der Waals surface area contributed by atoms with E-state index in [1.165, 1.54) is 11.3 Å². The standard InChI is InChI=1S/C12H17N5O2S.ClH/c1-17-4-3-13-5-9(17)11-15-12(19-16-11)8-7-20-10(14-8)6-18-2;/h7,9,13H,3-6H2,1-2H3;1H. The summed E-state index contributed by atoms with van der Waals surface area (Å²) in [5.74, 6) is 1.17. The highest BCUT2D eigenvalue weighted by molar-refractivity contribution is 7.09. The highest BCUT2D eigenvalue weighted by Crippen LogP contribution is 2.24.